The third-order valence-electron chi connectivity index (χ3n) is 3.47. The van der Waals surface area contributed by atoms with Crippen LogP contribution in [0.15, 0.2) is 0 Å². The van der Waals surface area contributed by atoms with Gasteiger partial charge >= 0.3 is 12.1 Å². The first-order valence-electron chi connectivity index (χ1n) is 6.15. The average Bonchev–Trinajstić information content (AvgIpc) is 2.26. The molecule has 110 valence electrons. The summed E-state index contributed by atoms with van der Waals surface area (Å²) in [5.41, 5.74) is -2.15. The van der Waals surface area contributed by atoms with Crippen molar-refractivity contribution in [1.82, 2.24) is 4.90 Å². The van der Waals surface area contributed by atoms with E-state index >= 15 is 0 Å². The van der Waals surface area contributed by atoms with Gasteiger partial charge in [-0.25, -0.2) is 4.79 Å². The van der Waals surface area contributed by atoms with Crippen LogP contribution in [0.2, 0.25) is 0 Å². The molecule has 1 rings (SSSR count). The molecule has 0 bridgehead atoms. The minimum atomic E-state index is -4.49. The molecule has 0 aliphatic carbocycles. The summed E-state index contributed by atoms with van der Waals surface area (Å²) >= 11 is 0. The molecule has 1 saturated heterocycles. The number of alkyl halides is 3. The standard InChI is InChI=1S/C12H18F3NO3/c1-11(2,12(13,14)15)7-9(17)16-6-4-3-5-8(16)10(18)19/h8H,3-7H2,1-2H3,(H,18,19)/t8-/m1/s1. The SMILES string of the molecule is CC(C)(CC(=O)N1CCCC[C@@H]1C(=O)O)C(F)(F)F. The number of carboxylic acids is 1. The van der Waals surface area contributed by atoms with Crippen molar-refractivity contribution in [2.75, 3.05) is 6.54 Å². The predicted octanol–water partition coefficient (Wildman–Crippen LogP) is 2.43. The smallest absolute Gasteiger partial charge is 0.394 e. The summed E-state index contributed by atoms with van der Waals surface area (Å²) in [6, 6.07) is -0.995. The first-order valence-corrected chi connectivity index (χ1v) is 6.15. The molecule has 1 amide bonds. The molecule has 0 aromatic heterocycles. The second-order valence-corrected chi connectivity index (χ2v) is 5.50. The van der Waals surface area contributed by atoms with Crippen molar-refractivity contribution >= 4 is 11.9 Å². The van der Waals surface area contributed by atoms with Gasteiger partial charge in [0.15, 0.2) is 0 Å². The van der Waals surface area contributed by atoms with E-state index in [1.54, 1.807) is 0 Å². The third kappa shape index (κ3) is 3.61. The van der Waals surface area contributed by atoms with Gasteiger partial charge in [0.1, 0.15) is 6.04 Å². The van der Waals surface area contributed by atoms with Crippen LogP contribution in [0.1, 0.15) is 39.5 Å². The molecule has 0 aromatic carbocycles. The average molecular weight is 281 g/mol. The fraction of sp³-hybridized carbons (Fsp3) is 0.833. The lowest BCUT2D eigenvalue weighted by Gasteiger charge is -2.36. The quantitative estimate of drug-likeness (QED) is 0.864. The first kappa shape index (κ1) is 15.8. The zero-order chi connectivity index (χ0) is 14.8. The largest absolute Gasteiger partial charge is 0.480 e. The zero-order valence-corrected chi connectivity index (χ0v) is 11.0. The number of hydrogen-bond donors (Lipinski definition) is 1. The number of carboxylic acid groups (broad SMARTS) is 1. The minimum Gasteiger partial charge on any atom is -0.480 e. The van der Waals surface area contributed by atoms with Gasteiger partial charge < -0.3 is 10.0 Å². The maximum Gasteiger partial charge on any atom is 0.394 e. The zero-order valence-electron chi connectivity index (χ0n) is 11.0. The van der Waals surface area contributed by atoms with E-state index in [0.29, 0.717) is 19.3 Å². The Hall–Kier alpha value is -1.27. The minimum absolute atomic E-state index is 0.212. The first-order chi connectivity index (χ1) is 8.56. The highest BCUT2D eigenvalue weighted by atomic mass is 19.4. The molecule has 0 saturated carbocycles. The van der Waals surface area contributed by atoms with E-state index in [4.69, 9.17) is 5.11 Å². The number of aliphatic carboxylic acids is 1. The lowest BCUT2D eigenvalue weighted by atomic mass is 9.87. The molecular formula is C12H18F3NO3. The molecule has 19 heavy (non-hydrogen) atoms. The molecular weight excluding hydrogens is 263 g/mol. The monoisotopic (exact) mass is 281 g/mol. The highest BCUT2D eigenvalue weighted by Gasteiger charge is 2.49. The number of carbonyl (C=O) groups is 2. The number of halogens is 3. The maximum absolute atomic E-state index is 12.7. The van der Waals surface area contributed by atoms with E-state index in [-0.39, 0.29) is 6.54 Å². The van der Waals surface area contributed by atoms with Crippen LogP contribution in [0, 0.1) is 5.41 Å². The number of carbonyl (C=O) groups excluding carboxylic acids is 1. The summed E-state index contributed by atoms with van der Waals surface area (Å²) in [5, 5.41) is 9.00. The second kappa shape index (κ2) is 5.38. The van der Waals surface area contributed by atoms with Gasteiger partial charge in [0.2, 0.25) is 5.91 Å². The lowest BCUT2D eigenvalue weighted by Crippen LogP contribution is -2.50. The number of rotatable bonds is 3. The highest BCUT2D eigenvalue weighted by molar-refractivity contribution is 5.84. The second-order valence-electron chi connectivity index (χ2n) is 5.50. The van der Waals surface area contributed by atoms with Crippen LogP contribution < -0.4 is 0 Å². The summed E-state index contributed by atoms with van der Waals surface area (Å²) < 4.78 is 38.2. The molecule has 7 heteroatoms. The molecule has 4 nitrogen and oxygen atoms in total. The summed E-state index contributed by atoms with van der Waals surface area (Å²) in [4.78, 5) is 24.0. The van der Waals surface area contributed by atoms with E-state index in [2.05, 4.69) is 0 Å². The van der Waals surface area contributed by atoms with E-state index in [0.717, 1.165) is 18.7 Å². The van der Waals surface area contributed by atoms with E-state index < -0.39 is 35.9 Å². The van der Waals surface area contributed by atoms with Gasteiger partial charge in [0.25, 0.3) is 0 Å². The van der Waals surface area contributed by atoms with Gasteiger partial charge in [-0.05, 0) is 19.3 Å². The Balaban J connectivity index is 2.79. The van der Waals surface area contributed by atoms with Crippen LogP contribution in [0.4, 0.5) is 13.2 Å². The fourth-order valence-corrected chi connectivity index (χ4v) is 2.07. The van der Waals surface area contributed by atoms with Crippen molar-refractivity contribution in [2.45, 2.75) is 51.7 Å². The fourth-order valence-electron chi connectivity index (χ4n) is 2.07. The molecule has 0 aromatic rings. The molecule has 0 radical (unpaired) electrons. The van der Waals surface area contributed by atoms with Crippen LogP contribution in [-0.2, 0) is 9.59 Å². The number of hydrogen-bond acceptors (Lipinski definition) is 2. The Morgan fingerprint density at radius 3 is 2.32 bits per heavy atom. The van der Waals surface area contributed by atoms with Crippen LogP contribution in [0.5, 0.6) is 0 Å². The van der Waals surface area contributed by atoms with Crippen LogP contribution in [-0.4, -0.2) is 40.6 Å². The third-order valence-corrected chi connectivity index (χ3v) is 3.47. The summed E-state index contributed by atoms with van der Waals surface area (Å²) in [6.07, 6.45) is -3.61. The van der Waals surface area contributed by atoms with Gasteiger partial charge in [-0.15, -0.1) is 0 Å². The molecule has 1 fully saturated rings. The molecule has 1 aliphatic heterocycles. The Morgan fingerprint density at radius 2 is 1.84 bits per heavy atom. The van der Waals surface area contributed by atoms with Crippen LogP contribution in [0.3, 0.4) is 0 Å². The number of nitrogens with zero attached hydrogens (tertiary/aromatic N) is 1. The Labute approximate surface area is 109 Å². The highest BCUT2D eigenvalue weighted by Crippen LogP contribution is 2.41. The molecule has 1 atom stereocenters. The number of piperidine rings is 1. The van der Waals surface area contributed by atoms with Gasteiger partial charge in [0, 0.05) is 13.0 Å². The van der Waals surface area contributed by atoms with Crippen LogP contribution in [0.25, 0.3) is 0 Å². The Morgan fingerprint density at radius 1 is 1.26 bits per heavy atom. The summed E-state index contributed by atoms with van der Waals surface area (Å²) in [7, 11) is 0. The lowest BCUT2D eigenvalue weighted by molar-refractivity contribution is -0.215. The van der Waals surface area contributed by atoms with Gasteiger partial charge in [-0.2, -0.15) is 13.2 Å². The molecule has 1 heterocycles. The van der Waals surface area contributed by atoms with E-state index in [9.17, 15) is 22.8 Å². The normalized spacial score (nSPS) is 21.3. The van der Waals surface area contributed by atoms with Crippen molar-refractivity contribution in [1.29, 1.82) is 0 Å². The van der Waals surface area contributed by atoms with E-state index in [1.807, 2.05) is 0 Å². The van der Waals surface area contributed by atoms with Gasteiger partial charge in [0.05, 0.1) is 5.41 Å². The maximum atomic E-state index is 12.7. The molecule has 1 aliphatic rings. The summed E-state index contributed by atoms with van der Waals surface area (Å²) in [5.74, 6) is -1.90. The topological polar surface area (TPSA) is 57.6 Å². The Kier molecular flexibility index (Phi) is 4.47. The van der Waals surface area contributed by atoms with Crippen LogP contribution >= 0.6 is 0 Å². The number of likely N-dealkylation sites (tertiary alicyclic amines) is 1. The molecule has 0 spiro atoms. The molecule has 1 N–H and O–H groups in total. The van der Waals surface area contributed by atoms with Crippen molar-refractivity contribution in [3.63, 3.8) is 0 Å². The van der Waals surface area contributed by atoms with E-state index in [1.165, 1.54) is 0 Å². The molecule has 0 unspecified atom stereocenters. The van der Waals surface area contributed by atoms with Gasteiger partial charge in [-0.3, -0.25) is 4.79 Å². The Bertz CT molecular complexity index is 366. The van der Waals surface area contributed by atoms with Crippen molar-refractivity contribution in [3.05, 3.63) is 0 Å². The number of amides is 1. The van der Waals surface area contributed by atoms with Crippen molar-refractivity contribution in [3.8, 4) is 0 Å². The summed E-state index contributed by atoms with van der Waals surface area (Å²) in [6.45, 7) is 2.11. The van der Waals surface area contributed by atoms with Gasteiger partial charge in [-0.1, -0.05) is 13.8 Å². The van der Waals surface area contributed by atoms with Crippen molar-refractivity contribution < 1.29 is 27.9 Å². The predicted molar refractivity (Wildman–Crippen MR) is 61.4 cm³/mol. The van der Waals surface area contributed by atoms with Crippen molar-refractivity contribution in [2.24, 2.45) is 5.41 Å².